The monoisotopic (exact) mass is 457 g/mol. The van der Waals surface area contributed by atoms with Crippen LogP contribution < -0.4 is 0 Å². The normalized spacial score (nSPS) is 26.5. The Balaban J connectivity index is 1.26. The van der Waals surface area contributed by atoms with E-state index < -0.39 is 5.97 Å². The van der Waals surface area contributed by atoms with E-state index in [4.69, 9.17) is 14.7 Å². The zero-order valence-electron chi connectivity index (χ0n) is 19.1. The molecule has 2 saturated heterocycles. The van der Waals surface area contributed by atoms with Crippen molar-refractivity contribution in [2.24, 2.45) is 10.3 Å². The molecule has 0 bridgehead atoms. The number of morpholine rings is 1. The maximum Gasteiger partial charge on any atom is 0.317 e. The summed E-state index contributed by atoms with van der Waals surface area (Å²) >= 11 is 0. The summed E-state index contributed by atoms with van der Waals surface area (Å²) in [7, 11) is 0. The predicted molar refractivity (Wildman–Crippen MR) is 122 cm³/mol. The number of nitrogens with zero attached hydrogens (tertiary/aromatic N) is 5. The van der Waals surface area contributed by atoms with Gasteiger partial charge in [0.1, 0.15) is 0 Å². The minimum Gasteiger partial charge on any atom is -0.480 e. The Labute approximate surface area is 193 Å². The number of hydrazone groups is 1. The zero-order valence-corrected chi connectivity index (χ0v) is 19.1. The van der Waals surface area contributed by atoms with Gasteiger partial charge in [0.2, 0.25) is 5.91 Å². The first-order valence-electron chi connectivity index (χ1n) is 11.3. The number of oxime groups is 1. The van der Waals surface area contributed by atoms with Crippen LogP contribution in [0.5, 0.6) is 0 Å². The highest BCUT2D eigenvalue weighted by Gasteiger charge is 2.30. The molecule has 0 saturated carbocycles. The number of ether oxygens (including phenoxy) is 1. The molecule has 1 amide bonds. The van der Waals surface area contributed by atoms with E-state index in [-0.39, 0.29) is 37.3 Å². The van der Waals surface area contributed by atoms with E-state index >= 15 is 0 Å². The van der Waals surface area contributed by atoms with Crippen LogP contribution in [0, 0.1) is 0 Å². The molecule has 0 spiro atoms. The summed E-state index contributed by atoms with van der Waals surface area (Å²) in [6.07, 6.45) is 2.64. The van der Waals surface area contributed by atoms with Crippen LogP contribution in [0.15, 0.2) is 34.5 Å². The lowest BCUT2D eigenvalue weighted by Gasteiger charge is -2.34. The molecule has 0 aromatic heterocycles. The summed E-state index contributed by atoms with van der Waals surface area (Å²) in [4.78, 5) is 32.1. The lowest BCUT2D eigenvalue weighted by molar-refractivity contribution is -0.143. The van der Waals surface area contributed by atoms with Crippen LogP contribution in [0.25, 0.3) is 0 Å². The molecule has 33 heavy (non-hydrogen) atoms. The third-order valence-electron chi connectivity index (χ3n) is 5.93. The van der Waals surface area contributed by atoms with Crippen molar-refractivity contribution in [1.82, 2.24) is 14.8 Å². The van der Waals surface area contributed by atoms with Crippen molar-refractivity contribution in [3.05, 3.63) is 35.4 Å². The number of carbonyl (C=O) groups excluding carboxylic acids is 1. The Hall–Kier alpha value is -2.98. The van der Waals surface area contributed by atoms with Gasteiger partial charge < -0.3 is 19.6 Å². The van der Waals surface area contributed by atoms with Crippen LogP contribution in [0.2, 0.25) is 0 Å². The van der Waals surface area contributed by atoms with E-state index in [2.05, 4.69) is 24.1 Å². The summed E-state index contributed by atoms with van der Waals surface area (Å²) < 4.78 is 5.74. The molecule has 0 aliphatic carbocycles. The summed E-state index contributed by atoms with van der Waals surface area (Å²) in [6, 6.07) is 8.03. The second-order valence-electron chi connectivity index (χ2n) is 8.91. The van der Waals surface area contributed by atoms with Gasteiger partial charge in [-0.15, -0.1) is 0 Å². The van der Waals surface area contributed by atoms with E-state index in [1.165, 1.54) is 0 Å². The summed E-state index contributed by atoms with van der Waals surface area (Å²) in [5, 5.41) is 19.8. The maximum atomic E-state index is 12.4. The van der Waals surface area contributed by atoms with E-state index in [1.54, 1.807) is 9.80 Å². The molecule has 1 N–H and O–H groups in total. The fraction of sp³-hybridized carbons (Fsp3) is 0.565. The van der Waals surface area contributed by atoms with Crippen molar-refractivity contribution < 1.29 is 24.3 Å². The number of amides is 1. The van der Waals surface area contributed by atoms with Gasteiger partial charge in [-0.25, -0.2) is 0 Å². The third kappa shape index (κ3) is 6.29. The average Bonchev–Trinajstić information content (AvgIpc) is 3.22. The minimum atomic E-state index is -0.920. The van der Waals surface area contributed by atoms with Crippen molar-refractivity contribution in [1.29, 1.82) is 0 Å². The van der Waals surface area contributed by atoms with Gasteiger partial charge in [0.25, 0.3) is 0 Å². The van der Waals surface area contributed by atoms with Crippen LogP contribution in [0.3, 0.4) is 0 Å². The van der Waals surface area contributed by atoms with E-state index in [0.29, 0.717) is 26.1 Å². The van der Waals surface area contributed by atoms with Gasteiger partial charge in [-0.1, -0.05) is 29.4 Å². The van der Waals surface area contributed by atoms with Gasteiger partial charge in [0, 0.05) is 19.5 Å². The van der Waals surface area contributed by atoms with Crippen LogP contribution in [-0.2, 0) is 19.2 Å². The molecule has 3 unspecified atom stereocenters. The number of hydrogen-bond acceptors (Lipinski definition) is 8. The van der Waals surface area contributed by atoms with Gasteiger partial charge in [0.05, 0.1) is 56.9 Å². The number of carboxylic acids is 1. The highest BCUT2D eigenvalue weighted by Crippen LogP contribution is 2.19. The Morgan fingerprint density at radius 2 is 1.94 bits per heavy atom. The van der Waals surface area contributed by atoms with E-state index in [9.17, 15) is 9.59 Å². The zero-order chi connectivity index (χ0) is 23.4. The number of piperazine rings is 1. The second kappa shape index (κ2) is 10.3. The molecular weight excluding hydrogens is 426 g/mol. The molecule has 3 heterocycles. The second-order valence-corrected chi connectivity index (χ2v) is 8.91. The first kappa shape index (κ1) is 23.2. The lowest BCUT2D eigenvalue weighted by atomic mass is 10.0. The van der Waals surface area contributed by atoms with Crippen molar-refractivity contribution in [3.8, 4) is 0 Å². The molecule has 3 aliphatic rings. The van der Waals surface area contributed by atoms with Crippen molar-refractivity contribution >= 4 is 23.8 Å². The number of aliphatic carboxylic acids is 1. The van der Waals surface area contributed by atoms with Gasteiger partial charge in [0.15, 0.2) is 6.10 Å². The molecule has 1 aromatic rings. The predicted octanol–water partition coefficient (Wildman–Crippen LogP) is 0.852. The minimum absolute atomic E-state index is 0.0766. The maximum absolute atomic E-state index is 12.4. The van der Waals surface area contributed by atoms with E-state index in [0.717, 1.165) is 29.9 Å². The van der Waals surface area contributed by atoms with Crippen molar-refractivity contribution in [3.63, 3.8) is 0 Å². The number of benzene rings is 1. The molecule has 3 atom stereocenters. The fourth-order valence-electron chi connectivity index (χ4n) is 4.37. The lowest BCUT2D eigenvalue weighted by Crippen LogP contribution is -2.53. The Morgan fingerprint density at radius 1 is 1.21 bits per heavy atom. The first-order chi connectivity index (χ1) is 15.9. The first-order valence-corrected chi connectivity index (χ1v) is 11.3. The molecule has 4 rings (SSSR count). The van der Waals surface area contributed by atoms with Crippen molar-refractivity contribution in [2.75, 3.05) is 45.8 Å². The van der Waals surface area contributed by atoms with Crippen LogP contribution >= 0.6 is 0 Å². The topological polar surface area (TPSA) is 107 Å². The Kier molecular flexibility index (Phi) is 7.24. The third-order valence-corrected chi connectivity index (χ3v) is 5.93. The van der Waals surface area contributed by atoms with Crippen molar-refractivity contribution in [2.45, 2.75) is 38.6 Å². The molecule has 3 aliphatic heterocycles. The Bertz CT molecular complexity index is 908. The van der Waals surface area contributed by atoms with Gasteiger partial charge in [-0.05, 0) is 25.0 Å². The molecule has 10 nitrogen and oxygen atoms in total. The Morgan fingerprint density at radius 3 is 2.61 bits per heavy atom. The SMILES string of the molecule is CC1CN(N=Cc2ccc(C3=NOC(CN4CCN(CC(=O)O)CC4=O)C3)cc2)CC(C)O1. The summed E-state index contributed by atoms with van der Waals surface area (Å²) in [5.74, 6) is -0.997. The molecule has 10 heteroatoms. The average molecular weight is 458 g/mol. The van der Waals surface area contributed by atoms with Crippen LogP contribution in [-0.4, -0.2) is 108 Å². The van der Waals surface area contributed by atoms with Gasteiger partial charge >= 0.3 is 5.97 Å². The van der Waals surface area contributed by atoms with Gasteiger partial charge in [-0.2, -0.15) is 5.10 Å². The standard InChI is InChI=1S/C23H31N5O5/c1-16-11-28(12-17(2)32-16)24-10-18-3-5-19(6-4-18)21-9-20(33-25-21)13-27-8-7-26(14-22(27)29)15-23(30)31/h3-6,10,16-17,20H,7-9,11-15H2,1-2H3,(H,30,31). The van der Waals surface area contributed by atoms with Gasteiger partial charge in [-0.3, -0.25) is 19.5 Å². The summed E-state index contributed by atoms with van der Waals surface area (Å²) in [6.45, 7) is 7.18. The summed E-state index contributed by atoms with van der Waals surface area (Å²) in [5.41, 5.74) is 2.85. The molecule has 2 fully saturated rings. The largest absolute Gasteiger partial charge is 0.480 e. The fourth-order valence-corrected chi connectivity index (χ4v) is 4.37. The molecule has 178 valence electrons. The molecule has 1 aromatic carbocycles. The van der Waals surface area contributed by atoms with Crippen LogP contribution in [0.4, 0.5) is 0 Å². The smallest absolute Gasteiger partial charge is 0.317 e. The molecule has 0 radical (unpaired) electrons. The number of hydrogen-bond donors (Lipinski definition) is 1. The number of rotatable bonds is 7. The highest BCUT2D eigenvalue weighted by atomic mass is 16.6. The number of carbonyl (C=O) groups is 2. The molecular formula is C23H31N5O5. The highest BCUT2D eigenvalue weighted by molar-refractivity contribution is 6.01. The number of carboxylic acid groups (broad SMARTS) is 1. The van der Waals surface area contributed by atoms with Crippen LogP contribution in [0.1, 0.15) is 31.4 Å². The van der Waals surface area contributed by atoms with E-state index in [1.807, 2.05) is 35.5 Å². The quantitative estimate of drug-likeness (QED) is 0.605.